The average Bonchev–Trinajstić information content (AvgIpc) is 3.32. The van der Waals surface area contributed by atoms with Crippen molar-refractivity contribution in [2.75, 3.05) is 20.1 Å². The highest BCUT2D eigenvalue weighted by Crippen LogP contribution is 2.27. The van der Waals surface area contributed by atoms with Crippen LogP contribution in [0.4, 0.5) is 0 Å². The predicted molar refractivity (Wildman–Crippen MR) is 133 cm³/mol. The van der Waals surface area contributed by atoms with Crippen molar-refractivity contribution in [3.8, 4) is 11.4 Å². The van der Waals surface area contributed by atoms with Gasteiger partial charge < -0.3 is 9.42 Å². The van der Waals surface area contributed by atoms with Gasteiger partial charge in [0.2, 0.25) is 27.6 Å². The van der Waals surface area contributed by atoms with Gasteiger partial charge in [-0.3, -0.25) is 4.79 Å². The number of aromatic nitrogens is 2. The zero-order valence-electron chi connectivity index (χ0n) is 20.6. The molecule has 0 aliphatic carbocycles. The van der Waals surface area contributed by atoms with Crippen LogP contribution in [0.25, 0.3) is 11.4 Å². The van der Waals surface area contributed by atoms with Crippen molar-refractivity contribution in [3.05, 3.63) is 66.1 Å². The molecule has 0 bridgehead atoms. The molecule has 1 aliphatic heterocycles. The Morgan fingerprint density at radius 3 is 2.29 bits per heavy atom. The highest BCUT2D eigenvalue weighted by atomic mass is 32.2. The first-order valence-electron chi connectivity index (χ1n) is 11.8. The standard InChI is InChI=1S/C26H32N4O4S/c1-26(2,3)21-12-10-19(11-13-21)24-27-23(34-28-24)18-29(4)25(31)20-14-16-30(17-15-20)35(32,33)22-8-6-5-7-9-22/h5-13,20H,14-18H2,1-4H3. The summed E-state index contributed by atoms with van der Waals surface area (Å²) >= 11 is 0. The van der Waals surface area contributed by atoms with E-state index in [1.807, 2.05) is 12.1 Å². The average molecular weight is 497 g/mol. The van der Waals surface area contributed by atoms with Gasteiger partial charge in [-0.2, -0.15) is 9.29 Å². The van der Waals surface area contributed by atoms with Crippen molar-refractivity contribution in [1.82, 2.24) is 19.3 Å². The van der Waals surface area contributed by atoms with E-state index in [9.17, 15) is 13.2 Å². The summed E-state index contributed by atoms with van der Waals surface area (Å²) in [5.41, 5.74) is 2.14. The van der Waals surface area contributed by atoms with E-state index in [1.54, 1.807) is 42.3 Å². The number of nitrogens with zero attached hydrogens (tertiary/aromatic N) is 4. The first-order chi connectivity index (χ1) is 16.6. The minimum atomic E-state index is -3.54. The lowest BCUT2D eigenvalue weighted by Crippen LogP contribution is -2.43. The summed E-state index contributed by atoms with van der Waals surface area (Å²) in [6.07, 6.45) is 0.953. The second-order valence-corrected chi connectivity index (χ2v) is 12.0. The van der Waals surface area contributed by atoms with Crippen LogP contribution in [-0.4, -0.2) is 53.8 Å². The fourth-order valence-corrected chi connectivity index (χ4v) is 5.72. The first kappa shape index (κ1) is 25.1. The van der Waals surface area contributed by atoms with Crippen LogP contribution in [0.5, 0.6) is 0 Å². The van der Waals surface area contributed by atoms with E-state index in [4.69, 9.17) is 4.52 Å². The van der Waals surface area contributed by atoms with E-state index in [0.29, 0.717) is 37.6 Å². The van der Waals surface area contributed by atoms with Crippen LogP contribution in [0, 0.1) is 5.92 Å². The Bertz CT molecular complexity index is 1260. The van der Waals surface area contributed by atoms with Crippen LogP contribution in [0.3, 0.4) is 0 Å². The van der Waals surface area contributed by atoms with Gasteiger partial charge in [-0.25, -0.2) is 8.42 Å². The number of rotatable bonds is 6. The van der Waals surface area contributed by atoms with Crippen LogP contribution >= 0.6 is 0 Å². The van der Waals surface area contributed by atoms with E-state index in [2.05, 4.69) is 43.0 Å². The summed E-state index contributed by atoms with van der Waals surface area (Å²) in [5.74, 6) is 0.561. The highest BCUT2D eigenvalue weighted by Gasteiger charge is 2.33. The Balaban J connectivity index is 1.34. The zero-order chi connectivity index (χ0) is 25.2. The topological polar surface area (TPSA) is 96.6 Å². The molecule has 4 rings (SSSR count). The third kappa shape index (κ3) is 5.62. The van der Waals surface area contributed by atoms with Gasteiger partial charge in [-0.1, -0.05) is 68.4 Å². The van der Waals surface area contributed by atoms with Crippen LogP contribution in [0.15, 0.2) is 64.0 Å². The molecule has 9 heteroatoms. The highest BCUT2D eigenvalue weighted by molar-refractivity contribution is 7.89. The molecule has 8 nitrogen and oxygen atoms in total. The monoisotopic (exact) mass is 496 g/mol. The zero-order valence-corrected chi connectivity index (χ0v) is 21.5. The molecule has 0 N–H and O–H groups in total. The van der Waals surface area contributed by atoms with Gasteiger partial charge in [0.15, 0.2) is 0 Å². The van der Waals surface area contributed by atoms with E-state index >= 15 is 0 Å². The van der Waals surface area contributed by atoms with Crippen molar-refractivity contribution < 1.29 is 17.7 Å². The summed E-state index contributed by atoms with van der Waals surface area (Å²) in [7, 11) is -1.83. The molecule has 0 radical (unpaired) electrons. The Labute approximate surface area is 207 Å². The molecule has 1 amide bonds. The van der Waals surface area contributed by atoms with Gasteiger partial charge in [0.05, 0.1) is 11.4 Å². The number of benzene rings is 2. The number of piperidine rings is 1. The maximum Gasteiger partial charge on any atom is 0.246 e. The largest absolute Gasteiger partial charge is 0.337 e. The molecule has 2 aromatic carbocycles. The van der Waals surface area contributed by atoms with Gasteiger partial charge in [0, 0.05) is 31.6 Å². The van der Waals surface area contributed by atoms with Crippen LogP contribution in [0.2, 0.25) is 0 Å². The van der Waals surface area contributed by atoms with E-state index in [1.165, 1.54) is 9.87 Å². The van der Waals surface area contributed by atoms with Crippen molar-refractivity contribution >= 4 is 15.9 Å². The Morgan fingerprint density at radius 2 is 1.69 bits per heavy atom. The molecule has 1 fully saturated rings. The maximum absolute atomic E-state index is 13.0. The molecule has 0 unspecified atom stereocenters. The lowest BCUT2D eigenvalue weighted by Gasteiger charge is -2.32. The quantitative estimate of drug-likeness (QED) is 0.510. The minimum absolute atomic E-state index is 0.0453. The second kappa shape index (κ2) is 9.91. The van der Waals surface area contributed by atoms with Crippen LogP contribution < -0.4 is 0 Å². The fraction of sp³-hybridized carbons (Fsp3) is 0.423. The van der Waals surface area contributed by atoms with Crippen molar-refractivity contribution in [2.24, 2.45) is 5.92 Å². The second-order valence-electron chi connectivity index (χ2n) is 10.0. The molecule has 0 saturated carbocycles. The number of hydrogen-bond donors (Lipinski definition) is 0. The van der Waals surface area contributed by atoms with E-state index in [0.717, 1.165) is 5.56 Å². The van der Waals surface area contributed by atoms with Gasteiger partial charge in [-0.15, -0.1) is 0 Å². The number of carbonyl (C=O) groups is 1. The Morgan fingerprint density at radius 1 is 1.06 bits per heavy atom. The Kier molecular flexibility index (Phi) is 7.10. The van der Waals surface area contributed by atoms with Crippen molar-refractivity contribution in [2.45, 2.75) is 50.5 Å². The van der Waals surface area contributed by atoms with Crippen molar-refractivity contribution in [1.29, 1.82) is 0 Å². The lowest BCUT2D eigenvalue weighted by atomic mass is 9.87. The van der Waals surface area contributed by atoms with E-state index < -0.39 is 10.0 Å². The van der Waals surface area contributed by atoms with Crippen molar-refractivity contribution in [3.63, 3.8) is 0 Å². The third-order valence-corrected chi connectivity index (χ3v) is 8.32. The molecule has 2 heterocycles. The summed E-state index contributed by atoms with van der Waals surface area (Å²) in [6.45, 7) is 7.32. The predicted octanol–water partition coefficient (Wildman–Crippen LogP) is 4.09. The third-order valence-electron chi connectivity index (χ3n) is 6.41. The number of hydrogen-bond acceptors (Lipinski definition) is 6. The molecule has 0 atom stereocenters. The van der Waals surface area contributed by atoms with Gasteiger partial charge in [-0.05, 0) is 36.0 Å². The molecule has 35 heavy (non-hydrogen) atoms. The van der Waals surface area contributed by atoms with Crippen LogP contribution in [0.1, 0.15) is 45.1 Å². The molecular formula is C26H32N4O4S. The summed E-state index contributed by atoms with van der Waals surface area (Å²) in [4.78, 5) is 19.3. The smallest absolute Gasteiger partial charge is 0.246 e. The first-order valence-corrected chi connectivity index (χ1v) is 13.2. The number of carbonyl (C=O) groups excluding carboxylic acids is 1. The maximum atomic E-state index is 13.0. The summed E-state index contributed by atoms with van der Waals surface area (Å²) < 4.78 is 32.5. The molecule has 186 valence electrons. The van der Waals surface area contributed by atoms with E-state index in [-0.39, 0.29) is 28.7 Å². The molecule has 0 spiro atoms. The SMILES string of the molecule is CN(Cc1nc(-c2ccc(C(C)(C)C)cc2)no1)C(=O)C1CCN(S(=O)(=O)c2ccccc2)CC1. The molecule has 3 aromatic rings. The molecule has 1 aromatic heterocycles. The Hall–Kier alpha value is -3.04. The lowest BCUT2D eigenvalue weighted by molar-refractivity contribution is -0.136. The molecule has 1 saturated heterocycles. The minimum Gasteiger partial charge on any atom is -0.337 e. The summed E-state index contributed by atoms with van der Waals surface area (Å²) in [6, 6.07) is 16.5. The van der Waals surface area contributed by atoms with Crippen LogP contribution in [-0.2, 0) is 26.8 Å². The fourth-order valence-electron chi connectivity index (χ4n) is 4.23. The summed E-state index contributed by atoms with van der Waals surface area (Å²) in [5, 5.41) is 4.07. The van der Waals surface area contributed by atoms with Gasteiger partial charge in [0.1, 0.15) is 0 Å². The molecular weight excluding hydrogens is 464 g/mol. The normalized spacial score (nSPS) is 15.8. The van der Waals surface area contributed by atoms with Gasteiger partial charge in [0.25, 0.3) is 0 Å². The van der Waals surface area contributed by atoms with Gasteiger partial charge >= 0.3 is 0 Å². The molecule has 1 aliphatic rings. The number of sulfonamides is 1. The number of amides is 1.